The van der Waals surface area contributed by atoms with E-state index in [2.05, 4.69) is 46.0 Å². The molecule has 1 aliphatic carbocycles. The van der Waals surface area contributed by atoms with Gasteiger partial charge in [-0.2, -0.15) is 0 Å². The van der Waals surface area contributed by atoms with Crippen LogP contribution in [0.25, 0.3) is 5.65 Å². The molecule has 1 fully saturated rings. The lowest BCUT2D eigenvalue weighted by Crippen LogP contribution is -2.46. The fourth-order valence-corrected chi connectivity index (χ4v) is 4.07. The third kappa shape index (κ3) is 4.96. The van der Waals surface area contributed by atoms with Gasteiger partial charge < -0.3 is 10.6 Å². The van der Waals surface area contributed by atoms with Gasteiger partial charge in [-0.1, -0.05) is 19.9 Å². The van der Waals surface area contributed by atoms with Gasteiger partial charge in [-0.25, -0.2) is 0 Å². The third-order valence-corrected chi connectivity index (χ3v) is 5.08. The number of nitrogens with zero attached hydrogens (tertiary/aromatic N) is 4. The maximum atomic E-state index is 4.77. The lowest BCUT2D eigenvalue weighted by Gasteiger charge is -2.32. The summed E-state index contributed by atoms with van der Waals surface area (Å²) in [5.41, 5.74) is 0.904. The van der Waals surface area contributed by atoms with E-state index in [1.807, 2.05) is 24.4 Å². The Hall–Kier alpha value is -2.11. The quantitative estimate of drug-likeness (QED) is 0.474. The standard InChI is InChI=1S/C20H32N6/c1-4-21-20(23-17-13-15(2)12-16(3)14-17)22-10-7-9-19-25-24-18-8-5-6-11-26(18)19/h5-6,8,11,15-17H,4,7,9-10,12-14H2,1-3H3,(H2,21,22,23). The number of rotatable bonds is 6. The Morgan fingerprint density at radius 3 is 2.77 bits per heavy atom. The molecule has 1 saturated carbocycles. The zero-order chi connectivity index (χ0) is 18.4. The van der Waals surface area contributed by atoms with E-state index in [1.165, 1.54) is 19.3 Å². The first-order valence-electron chi connectivity index (χ1n) is 9.99. The molecule has 0 aliphatic heterocycles. The maximum Gasteiger partial charge on any atom is 0.191 e. The van der Waals surface area contributed by atoms with Gasteiger partial charge in [0.15, 0.2) is 11.6 Å². The number of hydrogen-bond acceptors (Lipinski definition) is 3. The lowest BCUT2D eigenvalue weighted by atomic mass is 9.80. The highest BCUT2D eigenvalue weighted by molar-refractivity contribution is 5.80. The van der Waals surface area contributed by atoms with Crippen LogP contribution in [0, 0.1) is 11.8 Å². The number of fused-ring (bicyclic) bond motifs is 1. The molecular formula is C20H32N6. The predicted octanol–water partition coefficient (Wildman–Crippen LogP) is 3.04. The molecule has 2 heterocycles. The highest BCUT2D eigenvalue weighted by Crippen LogP contribution is 2.28. The summed E-state index contributed by atoms with van der Waals surface area (Å²) < 4.78 is 2.05. The van der Waals surface area contributed by atoms with Gasteiger partial charge in [0.05, 0.1) is 0 Å². The van der Waals surface area contributed by atoms with Crippen molar-refractivity contribution in [3.8, 4) is 0 Å². The Bertz CT molecular complexity index is 712. The second kappa shape index (κ2) is 9.01. The summed E-state index contributed by atoms with van der Waals surface area (Å²) in [6.45, 7) is 8.51. The Labute approximate surface area is 156 Å². The topological polar surface area (TPSA) is 66.6 Å². The molecule has 2 N–H and O–H groups in total. The van der Waals surface area contributed by atoms with Crippen LogP contribution in [-0.4, -0.2) is 39.7 Å². The Morgan fingerprint density at radius 1 is 1.19 bits per heavy atom. The molecule has 6 heteroatoms. The molecule has 0 aromatic carbocycles. The number of nitrogens with one attached hydrogen (secondary N) is 2. The van der Waals surface area contributed by atoms with Crippen LogP contribution < -0.4 is 10.6 Å². The minimum absolute atomic E-state index is 0.534. The molecule has 0 saturated heterocycles. The highest BCUT2D eigenvalue weighted by atomic mass is 15.2. The Balaban J connectivity index is 1.52. The first-order valence-corrected chi connectivity index (χ1v) is 9.99. The molecule has 0 radical (unpaired) electrons. The minimum Gasteiger partial charge on any atom is -0.357 e. The van der Waals surface area contributed by atoms with Crippen LogP contribution in [0.2, 0.25) is 0 Å². The van der Waals surface area contributed by atoms with Crippen molar-refractivity contribution in [1.29, 1.82) is 0 Å². The van der Waals surface area contributed by atoms with E-state index in [0.717, 1.165) is 55.2 Å². The predicted molar refractivity (Wildman–Crippen MR) is 106 cm³/mol. The van der Waals surface area contributed by atoms with Crippen molar-refractivity contribution in [1.82, 2.24) is 25.2 Å². The number of aliphatic imine (C=N–C) groups is 1. The average molecular weight is 357 g/mol. The van der Waals surface area contributed by atoms with Gasteiger partial charge in [-0.15, -0.1) is 10.2 Å². The van der Waals surface area contributed by atoms with Crippen molar-refractivity contribution in [2.75, 3.05) is 13.1 Å². The van der Waals surface area contributed by atoms with Crippen LogP contribution in [0.3, 0.4) is 0 Å². The normalized spacial score (nSPS) is 24.0. The van der Waals surface area contributed by atoms with E-state index in [1.54, 1.807) is 0 Å². The second-order valence-corrected chi connectivity index (χ2v) is 7.67. The van der Waals surface area contributed by atoms with E-state index in [0.29, 0.717) is 6.04 Å². The van der Waals surface area contributed by atoms with Crippen molar-refractivity contribution in [3.63, 3.8) is 0 Å². The summed E-state index contributed by atoms with van der Waals surface area (Å²) in [5, 5.41) is 15.5. The van der Waals surface area contributed by atoms with E-state index in [-0.39, 0.29) is 0 Å². The fourth-order valence-electron chi connectivity index (χ4n) is 4.07. The summed E-state index contributed by atoms with van der Waals surface area (Å²) in [5.74, 6) is 3.54. The third-order valence-electron chi connectivity index (χ3n) is 5.08. The molecule has 2 unspecified atom stereocenters. The molecule has 2 aromatic rings. The summed E-state index contributed by atoms with van der Waals surface area (Å²) in [7, 11) is 0. The molecule has 0 spiro atoms. The van der Waals surface area contributed by atoms with Crippen molar-refractivity contribution < 1.29 is 0 Å². The number of aryl methyl sites for hydroxylation is 1. The molecule has 3 rings (SSSR count). The van der Waals surface area contributed by atoms with Crippen LogP contribution in [0.15, 0.2) is 29.4 Å². The van der Waals surface area contributed by atoms with Crippen LogP contribution in [0.5, 0.6) is 0 Å². The van der Waals surface area contributed by atoms with Crippen molar-refractivity contribution in [3.05, 3.63) is 30.2 Å². The van der Waals surface area contributed by atoms with E-state index in [4.69, 9.17) is 4.99 Å². The van der Waals surface area contributed by atoms with Crippen LogP contribution in [0.1, 0.15) is 52.3 Å². The van der Waals surface area contributed by atoms with Crippen molar-refractivity contribution in [2.45, 2.75) is 58.9 Å². The Morgan fingerprint density at radius 2 is 2.00 bits per heavy atom. The molecular weight excluding hydrogens is 324 g/mol. The van der Waals surface area contributed by atoms with Crippen molar-refractivity contribution >= 4 is 11.6 Å². The molecule has 2 atom stereocenters. The zero-order valence-corrected chi connectivity index (χ0v) is 16.3. The molecule has 142 valence electrons. The monoisotopic (exact) mass is 356 g/mol. The SMILES string of the molecule is CCNC(=NCCCc1nnc2ccccn12)NC1CC(C)CC(C)C1. The average Bonchev–Trinajstić information content (AvgIpc) is 3.01. The van der Waals surface area contributed by atoms with Crippen LogP contribution in [0.4, 0.5) is 0 Å². The first-order chi connectivity index (χ1) is 12.7. The molecule has 0 bridgehead atoms. The molecule has 6 nitrogen and oxygen atoms in total. The van der Waals surface area contributed by atoms with E-state index >= 15 is 0 Å². The molecule has 2 aromatic heterocycles. The van der Waals surface area contributed by atoms with Gasteiger partial charge in [0.25, 0.3) is 0 Å². The first kappa shape index (κ1) is 18.7. The fraction of sp³-hybridized carbons (Fsp3) is 0.650. The van der Waals surface area contributed by atoms with Gasteiger partial charge in [-0.3, -0.25) is 9.39 Å². The second-order valence-electron chi connectivity index (χ2n) is 7.67. The van der Waals surface area contributed by atoms with Gasteiger partial charge in [0, 0.05) is 31.7 Å². The van der Waals surface area contributed by atoms with E-state index < -0.39 is 0 Å². The summed E-state index contributed by atoms with van der Waals surface area (Å²) in [6, 6.07) is 6.51. The minimum atomic E-state index is 0.534. The Kier molecular flexibility index (Phi) is 6.47. The highest BCUT2D eigenvalue weighted by Gasteiger charge is 2.24. The number of pyridine rings is 1. The van der Waals surface area contributed by atoms with Crippen molar-refractivity contribution in [2.24, 2.45) is 16.8 Å². The largest absolute Gasteiger partial charge is 0.357 e. The summed E-state index contributed by atoms with van der Waals surface area (Å²) >= 11 is 0. The van der Waals surface area contributed by atoms with Gasteiger partial charge in [-0.05, 0) is 56.6 Å². The van der Waals surface area contributed by atoms with E-state index in [9.17, 15) is 0 Å². The number of hydrogen-bond donors (Lipinski definition) is 2. The zero-order valence-electron chi connectivity index (χ0n) is 16.3. The number of aromatic nitrogens is 3. The van der Waals surface area contributed by atoms with Gasteiger partial charge in [0.2, 0.25) is 0 Å². The van der Waals surface area contributed by atoms with Crippen LogP contribution in [-0.2, 0) is 6.42 Å². The summed E-state index contributed by atoms with van der Waals surface area (Å²) in [6.07, 6.45) is 7.68. The molecule has 0 amide bonds. The summed E-state index contributed by atoms with van der Waals surface area (Å²) in [4.78, 5) is 4.77. The van der Waals surface area contributed by atoms with Gasteiger partial charge >= 0.3 is 0 Å². The maximum absolute atomic E-state index is 4.77. The van der Waals surface area contributed by atoms with Crippen LogP contribution >= 0.6 is 0 Å². The smallest absolute Gasteiger partial charge is 0.191 e. The van der Waals surface area contributed by atoms with Gasteiger partial charge in [0.1, 0.15) is 5.82 Å². The molecule has 26 heavy (non-hydrogen) atoms. The lowest BCUT2D eigenvalue weighted by molar-refractivity contribution is 0.255. The number of guanidine groups is 1. The molecule has 1 aliphatic rings.